The molecule has 9 heteroatoms. The molecule has 0 aliphatic carbocycles. The number of rotatable bonds is 3. The molecule has 0 spiro atoms. The second kappa shape index (κ2) is 7.28. The molecule has 2 aromatic heterocycles. The summed E-state index contributed by atoms with van der Waals surface area (Å²) in [5.74, 6) is -0.0256. The van der Waals surface area contributed by atoms with Gasteiger partial charge in [-0.25, -0.2) is 4.98 Å². The van der Waals surface area contributed by atoms with Crippen molar-refractivity contribution in [2.75, 3.05) is 18.0 Å². The number of pyridine rings is 2. The number of aromatic nitrogens is 2. The number of β-amino-alcohol motifs (C(OH)–C–C–N with tert-alkyl or cyclic N) is 1. The van der Waals surface area contributed by atoms with Crippen molar-refractivity contribution in [2.24, 2.45) is 0 Å². The van der Waals surface area contributed by atoms with Crippen LogP contribution < -0.4 is 10.2 Å². The van der Waals surface area contributed by atoms with Gasteiger partial charge in [-0.1, -0.05) is 6.07 Å². The molecular weight excluding hydrogens is 349 g/mol. The van der Waals surface area contributed by atoms with Crippen LogP contribution in [0.4, 0.5) is 19.0 Å². The molecule has 1 saturated heterocycles. The first-order chi connectivity index (χ1) is 12.3. The van der Waals surface area contributed by atoms with Gasteiger partial charge in [-0.2, -0.15) is 13.2 Å². The molecule has 2 atom stereocenters. The Hall–Kier alpha value is -2.68. The smallest absolute Gasteiger partial charge is 0.389 e. The van der Waals surface area contributed by atoms with Crippen LogP contribution in [0.5, 0.6) is 0 Å². The van der Waals surface area contributed by atoms with Gasteiger partial charge < -0.3 is 15.3 Å². The largest absolute Gasteiger partial charge is 0.417 e. The lowest BCUT2D eigenvalue weighted by Crippen LogP contribution is -2.54. The minimum Gasteiger partial charge on any atom is -0.389 e. The van der Waals surface area contributed by atoms with E-state index in [1.807, 2.05) is 0 Å². The van der Waals surface area contributed by atoms with Crippen molar-refractivity contribution in [3.8, 4) is 0 Å². The molecule has 0 saturated carbocycles. The highest BCUT2D eigenvalue weighted by Gasteiger charge is 2.32. The summed E-state index contributed by atoms with van der Waals surface area (Å²) in [6, 6.07) is 6.74. The lowest BCUT2D eigenvalue weighted by atomic mass is 10.0. The second-order valence-electron chi connectivity index (χ2n) is 6.00. The number of piperidine rings is 1. The van der Waals surface area contributed by atoms with Gasteiger partial charge in [0.05, 0.1) is 17.7 Å². The van der Waals surface area contributed by atoms with Crippen molar-refractivity contribution < 1.29 is 23.1 Å². The average molecular weight is 366 g/mol. The molecule has 1 aliphatic rings. The fourth-order valence-corrected chi connectivity index (χ4v) is 2.79. The van der Waals surface area contributed by atoms with Gasteiger partial charge in [-0.05, 0) is 30.7 Å². The lowest BCUT2D eigenvalue weighted by Gasteiger charge is -2.36. The molecule has 3 rings (SSSR count). The Balaban J connectivity index is 1.60. The Morgan fingerprint density at radius 2 is 2.04 bits per heavy atom. The summed E-state index contributed by atoms with van der Waals surface area (Å²) in [6.45, 7) is 0.605. The minimum atomic E-state index is -4.44. The SMILES string of the molecule is O=C(N[C@@H]1CCN(c2ccc(C(F)(F)F)cn2)C[C@H]1O)c1ccccn1. The van der Waals surface area contributed by atoms with E-state index in [4.69, 9.17) is 0 Å². The van der Waals surface area contributed by atoms with Gasteiger partial charge in [-0.15, -0.1) is 0 Å². The highest BCUT2D eigenvalue weighted by molar-refractivity contribution is 5.92. The maximum absolute atomic E-state index is 12.6. The molecular formula is C17H17F3N4O2. The monoisotopic (exact) mass is 366 g/mol. The number of carbonyl (C=O) groups excluding carboxylic acids is 1. The van der Waals surface area contributed by atoms with Gasteiger partial charge in [0.2, 0.25) is 0 Å². The number of aliphatic hydroxyl groups is 1. The van der Waals surface area contributed by atoms with Gasteiger partial charge in [0, 0.05) is 25.5 Å². The first-order valence-electron chi connectivity index (χ1n) is 8.03. The van der Waals surface area contributed by atoms with Crippen molar-refractivity contribution in [3.63, 3.8) is 0 Å². The standard InChI is InChI=1S/C17H17F3N4O2/c18-17(19,20)11-4-5-15(22-9-11)24-8-6-12(14(25)10-24)23-16(26)13-3-1-2-7-21-13/h1-5,7,9,12,14,25H,6,8,10H2,(H,23,26)/t12-,14-/m1/s1. The fourth-order valence-electron chi connectivity index (χ4n) is 2.79. The summed E-state index contributed by atoms with van der Waals surface area (Å²) in [5.41, 5.74) is -0.564. The van der Waals surface area contributed by atoms with Crippen LogP contribution in [-0.4, -0.2) is 46.2 Å². The number of hydrogen-bond donors (Lipinski definition) is 2. The summed E-state index contributed by atoms with van der Waals surface area (Å²) >= 11 is 0. The van der Waals surface area contributed by atoms with E-state index in [2.05, 4.69) is 15.3 Å². The maximum Gasteiger partial charge on any atom is 0.417 e. The van der Waals surface area contributed by atoms with Crippen molar-refractivity contribution >= 4 is 11.7 Å². The summed E-state index contributed by atoms with van der Waals surface area (Å²) in [7, 11) is 0. The zero-order valence-corrected chi connectivity index (χ0v) is 13.6. The lowest BCUT2D eigenvalue weighted by molar-refractivity contribution is -0.137. The number of hydrogen-bond acceptors (Lipinski definition) is 5. The van der Waals surface area contributed by atoms with Crippen molar-refractivity contribution in [1.29, 1.82) is 0 Å². The number of nitrogens with one attached hydrogen (secondary N) is 1. The number of anilines is 1. The van der Waals surface area contributed by atoms with Crippen LogP contribution in [0.3, 0.4) is 0 Å². The molecule has 1 aliphatic heterocycles. The van der Waals surface area contributed by atoms with Gasteiger partial charge in [0.1, 0.15) is 11.5 Å². The molecule has 6 nitrogen and oxygen atoms in total. The van der Waals surface area contributed by atoms with Crippen molar-refractivity contribution in [2.45, 2.75) is 24.7 Å². The van der Waals surface area contributed by atoms with Crippen LogP contribution in [0.15, 0.2) is 42.7 Å². The van der Waals surface area contributed by atoms with E-state index in [1.54, 1.807) is 23.1 Å². The van der Waals surface area contributed by atoms with E-state index in [0.29, 0.717) is 18.8 Å². The molecule has 2 N–H and O–H groups in total. The van der Waals surface area contributed by atoms with Crippen LogP contribution in [0, 0.1) is 0 Å². The van der Waals surface area contributed by atoms with E-state index in [-0.39, 0.29) is 18.1 Å². The van der Waals surface area contributed by atoms with E-state index in [1.165, 1.54) is 12.3 Å². The van der Waals surface area contributed by atoms with Crippen LogP contribution in [0.25, 0.3) is 0 Å². The third kappa shape index (κ3) is 4.10. The number of halogens is 3. The average Bonchev–Trinajstić information content (AvgIpc) is 2.63. The van der Waals surface area contributed by atoms with Crippen LogP contribution in [0.1, 0.15) is 22.5 Å². The van der Waals surface area contributed by atoms with Gasteiger partial charge >= 0.3 is 6.18 Å². The van der Waals surface area contributed by atoms with Gasteiger partial charge in [0.15, 0.2) is 0 Å². The number of amides is 1. The number of aliphatic hydroxyl groups excluding tert-OH is 1. The topological polar surface area (TPSA) is 78.4 Å². The summed E-state index contributed by atoms with van der Waals surface area (Å²) in [5, 5.41) is 13.0. The van der Waals surface area contributed by atoms with Crippen LogP contribution in [-0.2, 0) is 6.18 Å². The quantitative estimate of drug-likeness (QED) is 0.867. The normalized spacial score (nSPS) is 20.7. The Morgan fingerprint density at radius 3 is 2.62 bits per heavy atom. The maximum atomic E-state index is 12.6. The highest BCUT2D eigenvalue weighted by atomic mass is 19.4. The third-order valence-electron chi connectivity index (χ3n) is 4.20. The Morgan fingerprint density at radius 1 is 1.23 bits per heavy atom. The summed E-state index contributed by atoms with van der Waals surface area (Å²) in [4.78, 5) is 21.6. The van der Waals surface area contributed by atoms with Crippen molar-refractivity contribution in [3.05, 3.63) is 54.0 Å². The molecule has 3 heterocycles. The van der Waals surface area contributed by atoms with E-state index < -0.39 is 23.9 Å². The predicted octanol–water partition coefficient (Wildman–Crippen LogP) is 1.86. The van der Waals surface area contributed by atoms with Gasteiger partial charge in [-0.3, -0.25) is 9.78 Å². The Labute approximate surface area is 147 Å². The van der Waals surface area contributed by atoms with E-state index in [9.17, 15) is 23.1 Å². The third-order valence-corrected chi connectivity index (χ3v) is 4.20. The Kier molecular flexibility index (Phi) is 5.08. The molecule has 1 fully saturated rings. The number of alkyl halides is 3. The number of nitrogens with zero attached hydrogens (tertiary/aromatic N) is 3. The molecule has 26 heavy (non-hydrogen) atoms. The first-order valence-corrected chi connectivity index (χ1v) is 8.03. The number of carbonyl (C=O) groups is 1. The zero-order chi connectivity index (χ0) is 18.7. The molecule has 1 amide bonds. The van der Waals surface area contributed by atoms with Gasteiger partial charge in [0.25, 0.3) is 5.91 Å². The molecule has 0 unspecified atom stereocenters. The summed E-state index contributed by atoms with van der Waals surface area (Å²) < 4.78 is 37.8. The predicted molar refractivity (Wildman–Crippen MR) is 87.6 cm³/mol. The molecule has 0 radical (unpaired) electrons. The molecule has 2 aromatic rings. The molecule has 138 valence electrons. The highest BCUT2D eigenvalue weighted by Crippen LogP contribution is 2.29. The van der Waals surface area contributed by atoms with E-state index >= 15 is 0 Å². The first kappa shape index (κ1) is 18.1. The molecule has 0 bridgehead atoms. The molecule has 0 aromatic carbocycles. The summed E-state index contributed by atoms with van der Waals surface area (Å²) in [6.07, 6.45) is -2.60. The van der Waals surface area contributed by atoms with Crippen LogP contribution in [0.2, 0.25) is 0 Å². The fraction of sp³-hybridized carbons (Fsp3) is 0.353. The van der Waals surface area contributed by atoms with Crippen molar-refractivity contribution in [1.82, 2.24) is 15.3 Å². The zero-order valence-electron chi connectivity index (χ0n) is 13.6. The second-order valence-corrected chi connectivity index (χ2v) is 6.00. The Bertz CT molecular complexity index is 753. The van der Waals surface area contributed by atoms with Crippen LogP contribution >= 0.6 is 0 Å². The minimum absolute atomic E-state index is 0.158. The van der Waals surface area contributed by atoms with E-state index in [0.717, 1.165) is 12.3 Å².